The molecule has 0 aromatic heterocycles. The lowest BCUT2D eigenvalue weighted by molar-refractivity contribution is -0.129. The predicted molar refractivity (Wildman–Crippen MR) is 71.9 cm³/mol. The van der Waals surface area contributed by atoms with Gasteiger partial charge in [-0.1, -0.05) is 39.5 Å². The first kappa shape index (κ1) is 13.1. The number of carbonyl (C=O) groups is 1. The van der Waals surface area contributed by atoms with Crippen LogP contribution in [-0.4, -0.2) is 5.78 Å². The summed E-state index contributed by atoms with van der Waals surface area (Å²) in [7, 11) is 0. The van der Waals surface area contributed by atoms with Crippen molar-refractivity contribution in [2.75, 3.05) is 0 Å². The van der Waals surface area contributed by atoms with E-state index >= 15 is 0 Å². The quantitative estimate of drug-likeness (QED) is 0.640. The van der Waals surface area contributed by atoms with Crippen LogP contribution < -0.4 is 0 Å². The van der Waals surface area contributed by atoms with Gasteiger partial charge in [0.25, 0.3) is 0 Å². The summed E-state index contributed by atoms with van der Waals surface area (Å²) in [5, 5.41) is 0. The molecule has 98 valence electrons. The molecule has 2 rings (SSSR count). The van der Waals surface area contributed by atoms with E-state index in [1.54, 1.807) is 0 Å². The normalized spacial score (nSPS) is 36.5. The summed E-state index contributed by atoms with van der Waals surface area (Å²) >= 11 is 0. The maximum atomic E-state index is 12.6. The molecule has 0 amide bonds. The second-order valence-electron chi connectivity index (χ2n) is 6.56. The van der Waals surface area contributed by atoms with E-state index in [0.717, 1.165) is 18.3 Å². The molecule has 0 heterocycles. The molecule has 0 aromatic rings. The lowest BCUT2D eigenvalue weighted by Crippen LogP contribution is -2.30. The average molecular weight is 236 g/mol. The van der Waals surface area contributed by atoms with Gasteiger partial charge < -0.3 is 0 Å². The highest BCUT2D eigenvalue weighted by molar-refractivity contribution is 5.83. The van der Waals surface area contributed by atoms with Crippen LogP contribution in [0.15, 0.2) is 0 Å². The summed E-state index contributed by atoms with van der Waals surface area (Å²) in [5.74, 6) is 3.04. The van der Waals surface area contributed by atoms with Gasteiger partial charge in [0.1, 0.15) is 5.78 Å². The number of hydrogen-bond donors (Lipinski definition) is 0. The minimum atomic E-state index is 0.407. The Balaban J connectivity index is 1.90. The molecule has 2 aliphatic carbocycles. The van der Waals surface area contributed by atoms with Crippen molar-refractivity contribution in [1.82, 2.24) is 0 Å². The summed E-state index contributed by atoms with van der Waals surface area (Å²) in [6.45, 7) is 4.67. The molecule has 0 saturated heterocycles. The standard InChI is InChI=1S/C16H28O/c1-12-9-10-15(11-13(12)2)16(17)14-7-5-3-4-6-8-14/h12-15H,3-11H2,1-2H3. The molecule has 2 fully saturated rings. The Morgan fingerprint density at radius 3 is 2.00 bits per heavy atom. The van der Waals surface area contributed by atoms with E-state index < -0.39 is 0 Å². The summed E-state index contributed by atoms with van der Waals surface area (Å²) in [6.07, 6.45) is 11.2. The molecular weight excluding hydrogens is 208 g/mol. The molecule has 17 heavy (non-hydrogen) atoms. The molecule has 1 heteroatoms. The first-order chi connectivity index (χ1) is 8.18. The van der Waals surface area contributed by atoms with Gasteiger partial charge in [-0.2, -0.15) is 0 Å². The Kier molecular flexibility index (Phi) is 4.64. The fourth-order valence-corrected chi connectivity index (χ4v) is 3.70. The summed E-state index contributed by atoms with van der Waals surface area (Å²) in [5.41, 5.74) is 0. The summed E-state index contributed by atoms with van der Waals surface area (Å²) in [4.78, 5) is 12.6. The van der Waals surface area contributed by atoms with E-state index in [1.807, 2.05) is 0 Å². The van der Waals surface area contributed by atoms with Gasteiger partial charge in [0.2, 0.25) is 0 Å². The Labute approximate surface area is 106 Å². The molecule has 2 aliphatic rings. The highest BCUT2D eigenvalue weighted by atomic mass is 16.1. The van der Waals surface area contributed by atoms with Crippen LogP contribution >= 0.6 is 0 Å². The first-order valence-electron chi connectivity index (χ1n) is 7.72. The second kappa shape index (κ2) is 6.02. The van der Waals surface area contributed by atoms with Gasteiger partial charge in [-0.05, 0) is 43.9 Å². The van der Waals surface area contributed by atoms with E-state index in [1.165, 1.54) is 51.4 Å². The molecule has 2 saturated carbocycles. The zero-order chi connectivity index (χ0) is 12.3. The van der Waals surface area contributed by atoms with Gasteiger partial charge in [0.05, 0.1) is 0 Å². The number of rotatable bonds is 2. The monoisotopic (exact) mass is 236 g/mol. The van der Waals surface area contributed by atoms with E-state index in [4.69, 9.17) is 0 Å². The largest absolute Gasteiger partial charge is 0.299 e. The summed E-state index contributed by atoms with van der Waals surface area (Å²) in [6, 6.07) is 0. The smallest absolute Gasteiger partial charge is 0.139 e. The summed E-state index contributed by atoms with van der Waals surface area (Å²) < 4.78 is 0. The highest BCUT2D eigenvalue weighted by Gasteiger charge is 2.32. The van der Waals surface area contributed by atoms with Gasteiger partial charge >= 0.3 is 0 Å². The van der Waals surface area contributed by atoms with Crippen LogP contribution in [0.5, 0.6) is 0 Å². The zero-order valence-electron chi connectivity index (χ0n) is 11.6. The molecular formula is C16H28O. The number of carbonyl (C=O) groups excluding carboxylic acids is 1. The van der Waals surface area contributed by atoms with Gasteiger partial charge in [0.15, 0.2) is 0 Å². The average Bonchev–Trinajstić information content (AvgIpc) is 2.60. The van der Waals surface area contributed by atoms with Gasteiger partial charge in [-0.25, -0.2) is 0 Å². The minimum absolute atomic E-state index is 0.407. The Hall–Kier alpha value is -0.330. The van der Waals surface area contributed by atoms with Gasteiger partial charge in [-0.15, -0.1) is 0 Å². The number of hydrogen-bond acceptors (Lipinski definition) is 1. The second-order valence-corrected chi connectivity index (χ2v) is 6.56. The maximum Gasteiger partial charge on any atom is 0.139 e. The Bertz CT molecular complexity index is 250. The lowest BCUT2D eigenvalue weighted by Gasteiger charge is -2.33. The van der Waals surface area contributed by atoms with E-state index in [9.17, 15) is 4.79 Å². The topological polar surface area (TPSA) is 17.1 Å². The zero-order valence-corrected chi connectivity index (χ0v) is 11.6. The van der Waals surface area contributed by atoms with Crippen LogP contribution in [0.25, 0.3) is 0 Å². The van der Waals surface area contributed by atoms with Crippen molar-refractivity contribution in [3.63, 3.8) is 0 Å². The lowest BCUT2D eigenvalue weighted by atomic mass is 9.71. The van der Waals surface area contributed by atoms with Crippen LogP contribution in [0.1, 0.15) is 71.6 Å². The number of ketones is 1. The van der Waals surface area contributed by atoms with E-state index in [-0.39, 0.29) is 0 Å². The molecule has 0 aromatic carbocycles. The van der Waals surface area contributed by atoms with Crippen LogP contribution in [0.2, 0.25) is 0 Å². The van der Waals surface area contributed by atoms with Crippen molar-refractivity contribution >= 4 is 5.78 Å². The van der Waals surface area contributed by atoms with Crippen molar-refractivity contribution in [3.8, 4) is 0 Å². The first-order valence-corrected chi connectivity index (χ1v) is 7.72. The van der Waals surface area contributed by atoms with Crippen molar-refractivity contribution in [2.45, 2.75) is 71.6 Å². The molecule has 0 aliphatic heterocycles. The number of Topliss-reactive ketones (excluding diaryl/α,β-unsaturated/α-hetero) is 1. The van der Waals surface area contributed by atoms with Crippen LogP contribution in [0.3, 0.4) is 0 Å². The van der Waals surface area contributed by atoms with E-state index in [0.29, 0.717) is 17.6 Å². The van der Waals surface area contributed by atoms with Crippen LogP contribution in [-0.2, 0) is 4.79 Å². The molecule has 0 bridgehead atoms. The SMILES string of the molecule is CC1CCC(C(=O)C2CCCCCC2)CC1C. The van der Waals surface area contributed by atoms with Crippen molar-refractivity contribution < 1.29 is 4.79 Å². The predicted octanol–water partition coefficient (Wildman–Crippen LogP) is 4.60. The molecule has 3 unspecified atom stereocenters. The third-order valence-electron chi connectivity index (χ3n) is 5.26. The Morgan fingerprint density at radius 1 is 0.765 bits per heavy atom. The van der Waals surface area contributed by atoms with Crippen LogP contribution in [0, 0.1) is 23.7 Å². The third kappa shape index (κ3) is 3.33. The van der Waals surface area contributed by atoms with Crippen molar-refractivity contribution in [3.05, 3.63) is 0 Å². The molecule has 1 nitrogen and oxygen atoms in total. The fourth-order valence-electron chi connectivity index (χ4n) is 3.70. The minimum Gasteiger partial charge on any atom is -0.299 e. The van der Waals surface area contributed by atoms with Crippen molar-refractivity contribution in [1.29, 1.82) is 0 Å². The fraction of sp³-hybridized carbons (Fsp3) is 0.938. The highest BCUT2D eigenvalue weighted by Crippen LogP contribution is 2.37. The molecule has 3 atom stereocenters. The molecule has 0 radical (unpaired) electrons. The molecule has 0 N–H and O–H groups in total. The van der Waals surface area contributed by atoms with Gasteiger partial charge in [0, 0.05) is 11.8 Å². The molecule has 0 spiro atoms. The van der Waals surface area contributed by atoms with E-state index in [2.05, 4.69) is 13.8 Å². The maximum absolute atomic E-state index is 12.6. The van der Waals surface area contributed by atoms with Crippen molar-refractivity contribution in [2.24, 2.45) is 23.7 Å². The van der Waals surface area contributed by atoms with Gasteiger partial charge in [-0.3, -0.25) is 4.79 Å². The third-order valence-corrected chi connectivity index (χ3v) is 5.26. The Morgan fingerprint density at radius 2 is 1.41 bits per heavy atom. The van der Waals surface area contributed by atoms with Crippen LogP contribution in [0.4, 0.5) is 0 Å².